The number of hydrogen-bond donors (Lipinski definition) is 0. The fourth-order valence-corrected chi connectivity index (χ4v) is 2.16. The van der Waals surface area contributed by atoms with Crippen LogP contribution in [0.3, 0.4) is 0 Å². The first kappa shape index (κ1) is 8.55. The van der Waals surface area contributed by atoms with E-state index in [4.69, 9.17) is 0 Å². The molecule has 0 saturated carbocycles. The van der Waals surface area contributed by atoms with Crippen molar-refractivity contribution in [3.63, 3.8) is 0 Å². The lowest BCUT2D eigenvalue weighted by Crippen LogP contribution is -2.00. The first-order valence-corrected chi connectivity index (χ1v) is 4.94. The van der Waals surface area contributed by atoms with Gasteiger partial charge in [-0.2, -0.15) is 0 Å². The first-order chi connectivity index (χ1) is 6.16. The predicted octanol–water partition coefficient (Wildman–Crippen LogP) is 3.65. The molecule has 0 fully saturated rings. The van der Waals surface area contributed by atoms with Crippen LogP contribution < -0.4 is 0 Å². The summed E-state index contributed by atoms with van der Waals surface area (Å²) in [6.07, 6.45) is 4.79. The van der Waals surface area contributed by atoms with Gasteiger partial charge < -0.3 is 0 Å². The van der Waals surface area contributed by atoms with E-state index in [1.807, 2.05) is 0 Å². The lowest BCUT2D eigenvalue weighted by Gasteiger charge is -2.17. The standard InChI is InChI=1S/C13H16/c1-9-4-5-13-11(3)6-10(2)8-12(13)7-9/h6-8H,4-5H2,1-3H3. The van der Waals surface area contributed by atoms with Crippen LogP contribution in [0.15, 0.2) is 17.7 Å². The normalized spacial score (nSPS) is 15.2. The summed E-state index contributed by atoms with van der Waals surface area (Å²) in [5.74, 6) is 0. The summed E-state index contributed by atoms with van der Waals surface area (Å²) in [6, 6.07) is 4.58. The van der Waals surface area contributed by atoms with Gasteiger partial charge in [0.1, 0.15) is 0 Å². The highest BCUT2D eigenvalue weighted by molar-refractivity contribution is 5.61. The van der Waals surface area contributed by atoms with Crippen LogP contribution >= 0.6 is 0 Å². The quantitative estimate of drug-likeness (QED) is 0.560. The minimum atomic E-state index is 1.23. The fourth-order valence-electron chi connectivity index (χ4n) is 2.16. The van der Waals surface area contributed by atoms with E-state index in [-0.39, 0.29) is 0 Å². The molecule has 0 spiro atoms. The molecule has 0 unspecified atom stereocenters. The van der Waals surface area contributed by atoms with E-state index in [0.717, 1.165) is 0 Å². The third-order valence-corrected chi connectivity index (χ3v) is 2.82. The Morgan fingerprint density at radius 3 is 2.54 bits per heavy atom. The van der Waals surface area contributed by atoms with Gasteiger partial charge in [0.25, 0.3) is 0 Å². The molecule has 1 aliphatic rings. The lowest BCUT2D eigenvalue weighted by atomic mass is 9.88. The zero-order valence-electron chi connectivity index (χ0n) is 8.65. The van der Waals surface area contributed by atoms with E-state index in [2.05, 4.69) is 39.0 Å². The highest BCUT2D eigenvalue weighted by atomic mass is 14.1. The Morgan fingerprint density at radius 2 is 1.77 bits per heavy atom. The van der Waals surface area contributed by atoms with Gasteiger partial charge in [-0.15, -0.1) is 0 Å². The molecule has 0 N–H and O–H groups in total. The van der Waals surface area contributed by atoms with Crippen LogP contribution in [-0.4, -0.2) is 0 Å². The van der Waals surface area contributed by atoms with Crippen LogP contribution in [0.25, 0.3) is 6.08 Å². The molecular formula is C13H16. The van der Waals surface area contributed by atoms with Crippen LogP contribution in [-0.2, 0) is 6.42 Å². The van der Waals surface area contributed by atoms with E-state index in [0.29, 0.717) is 0 Å². The predicted molar refractivity (Wildman–Crippen MR) is 57.9 cm³/mol. The second-order valence-corrected chi connectivity index (χ2v) is 4.14. The highest BCUT2D eigenvalue weighted by Gasteiger charge is 2.10. The number of rotatable bonds is 0. The van der Waals surface area contributed by atoms with Crippen molar-refractivity contribution >= 4 is 6.08 Å². The summed E-state index contributed by atoms with van der Waals surface area (Å²) >= 11 is 0. The Balaban J connectivity index is 2.61. The highest BCUT2D eigenvalue weighted by Crippen LogP contribution is 2.27. The van der Waals surface area contributed by atoms with Crippen molar-refractivity contribution in [1.82, 2.24) is 0 Å². The molecule has 0 bridgehead atoms. The number of fused-ring (bicyclic) bond motifs is 1. The van der Waals surface area contributed by atoms with Gasteiger partial charge in [0.2, 0.25) is 0 Å². The SMILES string of the molecule is CC1=Cc2cc(C)cc(C)c2CC1. The molecule has 2 rings (SSSR count). The Kier molecular flexibility index (Phi) is 1.99. The van der Waals surface area contributed by atoms with Crippen LogP contribution in [0, 0.1) is 13.8 Å². The molecule has 1 aliphatic carbocycles. The van der Waals surface area contributed by atoms with Crippen molar-refractivity contribution in [2.75, 3.05) is 0 Å². The third kappa shape index (κ3) is 1.53. The van der Waals surface area contributed by atoms with Crippen molar-refractivity contribution < 1.29 is 0 Å². The number of aryl methyl sites for hydroxylation is 2. The molecule has 0 heterocycles. The van der Waals surface area contributed by atoms with Crippen molar-refractivity contribution in [2.45, 2.75) is 33.6 Å². The zero-order valence-corrected chi connectivity index (χ0v) is 8.65. The Bertz CT molecular complexity index is 370. The largest absolute Gasteiger partial charge is 0.0724 e. The molecule has 0 aliphatic heterocycles. The minimum Gasteiger partial charge on any atom is -0.0724 e. The molecule has 0 nitrogen and oxygen atoms in total. The van der Waals surface area contributed by atoms with Gasteiger partial charge in [0, 0.05) is 0 Å². The van der Waals surface area contributed by atoms with Crippen molar-refractivity contribution in [2.24, 2.45) is 0 Å². The van der Waals surface area contributed by atoms with E-state index in [1.54, 1.807) is 5.56 Å². The summed E-state index contributed by atoms with van der Waals surface area (Å²) in [6.45, 7) is 6.62. The third-order valence-electron chi connectivity index (χ3n) is 2.82. The topological polar surface area (TPSA) is 0 Å². The van der Waals surface area contributed by atoms with Crippen LogP contribution in [0.5, 0.6) is 0 Å². The van der Waals surface area contributed by atoms with Gasteiger partial charge in [0.15, 0.2) is 0 Å². The maximum Gasteiger partial charge on any atom is -0.0220 e. The molecule has 1 aromatic carbocycles. The number of hydrogen-bond acceptors (Lipinski definition) is 0. The Labute approximate surface area is 80.3 Å². The molecule has 0 radical (unpaired) electrons. The van der Waals surface area contributed by atoms with Gasteiger partial charge in [0.05, 0.1) is 0 Å². The fraction of sp³-hybridized carbons (Fsp3) is 0.385. The molecule has 1 aromatic rings. The van der Waals surface area contributed by atoms with Crippen molar-refractivity contribution in [3.05, 3.63) is 40.0 Å². The van der Waals surface area contributed by atoms with Gasteiger partial charge in [-0.05, 0) is 50.3 Å². The average molecular weight is 172 g/mol. The van der Waals surface area contributed by atoms with Crippen molar-refractivity contribution in [3.8, 4) is 0 Å². The van der Waals surface area contributed by atoms with E-state index < -0.39 is 0 Å². The maximum absolute atomic E-state index is 2.33. The molecule has 68 valence electrons. The van der Waals surface area contributed by atoms with Gasteiger partial charge >= 0.3 is 0 Å². The molecule has 0 aromatic heterocycles. The summed E-state index contributed by atoms with van der Waals surface area (Å²) < 4.78 is 0. The summed E-state index contributed by atoms with van der Waals surface area (Å²) in [4.78, 5) is 0. The lowest BCUT2D eigenvalue weighted by molar-refractivity contribution is 0.916. The number of allylic oxidation sites excluding steroid dienone is 1. The average Bonchev–Trinajstić information content (AvgIpc) is 2.02. The summed E-state index contributed by atoms with van der Waals surface area (Å²) in [5.41, 5.74) is 7.34. The molecule has 0 atom stereocenters. The van der Waals surface area contributed by atoms with Crippen molar-refractivity contribution in [1.29, 1.82) is 0 Å². The molecule has 0 heteroatoms. The smallest absolute Gasteiger partial charge is 0.0220 e. The van der Waals surface area contributed by atoms with E-state index >= 15 is 0 Å². The van der Waals surface area contributed by atoms with E-state index in [9.17, 15) is 0 Å². The monoisotopic (exact) mass is 172 g/mol. The maximum atomic E-state index is 2.33. The molecular weight excluding hydrogens is 156 g/mol. The molecule has 0 saturated heterocycles. The Morgan fingerprint density at radius 1 is 1.00 bits per heavy atom. The molecule has 13 heavy (non-hydrogen) atoms. The summed E-state index contributed by atoms with van der Waals surface area (Å²) in [7, 11) is 0. The minimum absolute atomic E-state index is 1.23. The van der Waals surface area contributed by atoms with Crippen LogP contribution in [0.1, 0.15) is 35.6 Å². The number of benzene rings is 1. The second kappa shape index (κ2) is 3.02. The van der Waals surface area contributed by atoms with Gasteiger partial charge in [-0.1, -0.05) is 29.3 Å². The van der Waals surface area contributed by atoms with E-state index in [1.165, 1.54) is 35.1 Å². The first-order valence-electron chi connectivity index (χ1n) is 4.94. The summed E-state index contributed by atoms with van der Waals surface area (Å²) in [5, 5.41) is 0. The van der Waals surface area contributed by atoms with Crippen LogP contribution in [0.4, 0.5) is 0 Å². The Hall–Kier alpha value is -1.04. The zero-order chi connectivity index (χ0) is 9.42. The van der Waals surface area contributed by atoms with Gasteiger partial charge in [-0.3, -0.25) is 0 Å². The molecule has 0 amide bonds. The van der Waals surface area contributed by atoms with Crippen LogP contribution in [0.2, 0.25) is 0 Å². The second-order valence-electron chi connectivity index (χ2n) is 4.14. The van der Waals surface area contributed by atoms with Gasteiger partial charge in [-0.25, -0.2) is 0 Å².